The molecule has 1 saturated heterocycles. The molecule has 0 bridgehead atoms. The van der Waals surface area contributed by atoms with Crippen LogP contribution in [0.4, 0.5) is 0 Å². The quantitative estimate of drug-likeness (QED) is 0.679. The summed E-state index contributed by atoms with van der Waals surface area (Å²) in [6.45, 7) is 7.32. The maximum Gasteiger partial charge on any atom is 0.225 e. The van der Waals surface area contributed by atoms with Crippen LogP contribution >= 0.6 is 0 Å². The highest BCUT2D eigenvalue weighted by Crippen LogP contribution is 2.23. The molecule has 1 fully saturated rings. The Morgan fingerprint density at radius 3 is 2.57 bits per heavy atom. The van der Waals surface area contributed by atoms with Gasteiger partial charge in [-0.05, 0) is 19.3 Å². The zero-order valence-electron chi connectivity index (χ0n) is 13.7. The van der Waals surface area contributed by atoms with Gasteiger partial charge in [0.25, 0.3) is 0 Å². The van der Waals surface area contributed by atoms with Crippen molar-refractivity contribution in [3.63, 3.8) is 0 Å². The van der Waals surface area contributed by atoms with Gasteiger partial charge in [-0.2, -0.15) is 0 Å². The number of likely N-dealkylation sites (tertiary alicyclic amines) is 1. The largest absolute Gasteiger partial charge is 0.352 e. The van der Waals surface area contributed by atoms with Gasteiger partial charge in [-0.15, -0.1) is 0 Å². The van der Waals surface area contributed by atoms with Gasteiger partial charge in [0.1, 0.15) is 0 Å². The second-order valence-corrected chi connectivity index (χ2v) is 6.00. The maximum atomic E-state index is 12.3. The molecular formula is C16H31N3O2. The van der Waals surface area contributed by atoms with Crippen LogP contribution in [-0.2, 0) is 9.59 Å². The topological polar surface area (TPSA) is 75.4 Å². The van der Waals surface area contributed by atoms with Gasteiger partial charge < -0.3 is 16.0 Å². The molecule has 21 heavy (non-hydrogen) atoms. The minimum absolute atomic E-state index is 0.0108. The zero-order chi connectivity index (χ0) is 15.8. The third kappa shape index (κ3) is 4.99. The molecule has 1 aliphatic rings. The first-order valence-electron chi connectivity index (χ1n) is 8.37. The van der Waals surface area contributed by atoms with Gasteiger partial charge in [0.15, 0.2) is 0 Å². The van der Waals surface area contributed by atoms with Gasteiger partial charge in [-0.3, -0.25) is 9.59 Å². The van der Waals surface area contributed by atoms with Crippen molar-refractivity contribution in [2.75, 3.05) is 13.1 Å². The minimum Gasteiger partial charge on any atom is -0.352 e. The predicted octanol–water partition coefficient (Wildman–Crippen LogP) is 1.66. The Bertz CT molecular complexity index is 342. The van der Waals surface area contributed by atoms with Crippen LogP contribution in [0.15, 0.2) is 0 Å². The molecule has 5 nitrogen and oxygen atoms in total. The van der Waals surface area contributed by atoms with Crippen molar-refractivity contribution in [1.29, 1.82) is 0 Å². The molecule has 0 radical (unpaired) electrons. The molecule has 0 aromatic heterocycles. The highest BCUT2D eigenvalue weighted by molar-refractivity contribution is 5.89. The first-order valence-corrected chi connectivity index (χ1v) is 8.37. The van der Waals surface area contributed by atoms with E-state index in [1.54, 1.807) is 0 Å². The smallest absolute Gasteiger partial charge is 0.225 e. The number of nitrogens with one attached hydrogen (secondary N) is 1. The van der Waals surface area contributed by atoms with Crippen molar-refractivity contribution in [2.45, 2.75) is 71.4 Å². The number of amides is 2. The summed E-state index contributed by atoms with van der Waals surface area (Å²) >= 11 is 0. The summed E-state index contributed by atoms with van der Waals surface area (Å²) in [5.74, 6) is -0.112. The minimum atomic E-state index is -0.214. The van der Waals surface area contributed by atoms with E-state index >= 15 is 0 Å². The summed E-state index contributed by atoms with van der Waals surface area (Å²) in [7, 11) is 0. The van der Waals surface area contributed by atoms with E-state index in [9.17, 15) is 9.59 Å². The van der Waals surface area contributed by atoms with Crippen LogP contribution in [0.1, 0.15) is 59.3 Å². The van der Waals surface area contributed by atoms with Gasteiger partial charge >= 0.3 is 0 Å². The standard InChI is InChI=1S/C16H31N3O2/c1-4-7-8-13(10-17)18-16(21)12-9-15(20)19(11-12)14(5-2)6-3/h12-14H,4-11,17H2,1-3H3,(H,18,21). The Morgan fingerprint density at radius 1 is 1.38 bits per heavy atom. The summed E-state index contributed by atoms with van der Waals surface area (Å²) in [5, 5.41) is 3.02. The van der Waals surface area contributed by atoms with Gasteiger partial charge in [0.2, 0.25) is 11.8 Å². The number of hydrogen-bond donors (Lipinski definition) is 2. The fourth-order valence-electron chi connectivity index (χ4n) is 3.01. The third-order valence-corrected chi connectivity index (χ3v) is 4.45. The number of unbranched alkanes of at least 4 members (excludes halogenated alkanes) is 1. The number of nitrogens with two attached hydrogens (primary N) is 1. The van der Waals surface area contributed by atoms with Gasteiger partial charge in [-0.25, -0.2) is 0 Å². The Morgan fingerprint density at radius 2 is 2.05 bits per heavy atom. The van der Waals surface area contributed by atoms with E-state index in [4.69, 9.17) is 5.73 Å². The Labute approximate surface area is 128 Å². The predicted molar refractivity (Wildman–Crippen MR) is 84.7 cm³/mol. The molecule has 2 unspecified atom stereocenters. The Kier molecular flexibility index (Phi) is 7.72. The van der Waals surface area contributed by atoms with Gasteiger partial charge in [0, 0.05) is 31.6 Å². The van der Waals surface area contributed by atoms with Crippen LogP contribution in [-0.4, -0.2) is 41.9 Å². The van der Waals surface area contributed by atoms with Crippen LogP contribution < -0.4 is 11.1 Å². The molecule has 0 saturated carbocycles. The molecule has 5 heteroatoms. The van der Waals surface area contributed by atoms with Crippen molar-refractivity contribution >= 4 is 11.8 Å². The van der Waals surface area contributed by atoms with E-state index in [0.717, 1.165) is 32.1 Å². The van der Waals surface area contributed by atoms with Crippen LogP contribution in [0.25, 0.3) is 0 Å². The van der Waals surface area contributed by atoms with Crippen molar-refractivity contribution < 1.29 is 9.59 Å². The molecule has 2 amide bonds. The van der Waals surface area contributed by atoms with Crippen LogP contribution in [0.2, 0.25) is 0 Å². The monoisotopic (exact) mass is 297 g/mol. The second kappa shape index (κ2) is 9.03. The Balaban J connectivity index is 2.54. The first kappa shape index (κ1) is 18.0. The van der Waals surface area contributed by atoms with Crippen molar-refractivity contribution in [3.8, 4) is 0 Å². The molecule has 0 aliphatic carbocycles. The number of carbonyl (C=O) groups is 2. The third-order valence-electron chi connectivity index (χ3n) is 4.45. The summed E-state index contributed by atoms with van der Waals surface area (Å²) in [6, 6.07) is 0.301. The fraction of sp³-hybridized carbons (Fsp3) is 0.875. The lowest BCUT2D eigenvalue weighted by Gasteiger charge is -2.26. The lowest BCUT2D eigenvalue weighted by atomic mass is 10.1. The lowest BCUT2D eigenvalue weighted by Crippen LogP contribution is -2.44. The molecule has 3 N–H and O–H groups in total. The summed E-state index contributed by atoms with van der Waals surface area (Å²) < 4.78 is 0. The summed E-state index contributed by atoms with van der Waals surface area (Å²) in [5.41, 5.74) is 5.71. The maximum absolute atomic E-state index is 12.3. The highest BCUT2D eigenvalue weighted by atomic mass is 16.2. The SMILES string of the molecule is CCCCC(CN)NC(=O)C1CC(=O)N(C(CC)CC)C1. The molecule has 1 aliphatic heterocycles. The van der Waals surface area contributed by atoms with E-state index in [0.29, 0.717) is 19.5 Å². The van der Waals surface area contributed by atoms with E-state index < -0.39 is 0 Å². The molecule has 1 rings (SSSR count). The molecule has 0 aromatic rings. The van der Waals surface area contributed by atoms with E-state index in [2.05, 4.69) is 26.1 Å². The molecular weight excluding hydrogens is 266 g/mol. The lowest BCUT2D eigenvalue weighted by molar-refractivity contribution is -0.130. The fourth-order valence-corrected chi connectivity index (χ4v) is 3.01. The number of rotatable bonds is 9. The highest BCUT2D eigenvalue weighted by Gasteiger charge is 2.37. The molecule has 0 spiro atoms. The van der Waals surface area contributed by atoms with E-state index in [1.807, 2.05) is 4.90 Å². The van der Waals surface area contributed by atoms with Crippen LogP contribution in [0.3, 0.4) is 0 Å². The molecule has 2 atom stereocenters. The van der Waals surface area contributed by atoms with Crippen LogP contribution in [0.5, 0.6) is 0 Å². The van der Waals surface area contributed by atoms with Gasteiger partial charge in [-0.1, -0.05) is 33.6 Å². The average molecular weight is 297 g/mol. The molecule has 122 valence electrons. The number of hydrogen-bond acceptors (Lipinski definition) is 3. The molecule has 0 aromatic carbocycles. The van der Waals surface area contributed by atoms with Crippen molar-refractivity contribution in [3.05, 3.63) is 0 Å². The Hall–Kier alpha value is -1.10. The zero-order valence-corrected chi connectivity index (χ0v) is 13.7. The summed E-state index contributed by atoms with van der Waals surface area (Å²) in [4.78, 5) is 26.3. The number of carbonyl (C=O) groups excluding carboxylic acids is 2. The van der Waals surface area contributed by atoms with Crippen molar-refractivity contribution in [1.82, 2.24) is 10.2 Å². The van der Waals surface area contributed by atoms with E-state index in [-0.39, 0.29) is 29.8 Å². The molecule has 1 heterocycles. The summed E-state index contributed by atoms with van der Waals surface area (Å²) in [6.07, 6.45) is 5.29. The van der Waals surface area contributed by atoms with Crippen LogP contribution in [0, 0.1) is 5.92 Å². The van der Waals surface area contributed by atoms with E-state index in [1.165, 1.54) is 0 Å². The second-order valence-electron chi connectivity index (χ2n) is 6.00. The normalized spacial score (nSPS) is 20.1. The first-order chi connectivity index (χ1) is 10.1. The van der Waals surface area contributed by atoms with Gasteiger partial charge in [0.05, 0.1) is 5.92 Å². The van der Waals surface area contributed by atoms with Crippen molar-refractivity contribution in [2.24, 2.45) is 11.7 Å². The number of nitrogens with zero attached hydrogens (tertiary/aromatic N) is 1. The average Bonchev–Trinajstić information content (AvgIpc) is 2.87.